The number of unbranched alkanes of at least 4 members (excludes halogenated alkanes) is 1. The number of nitrogens with zero attached hydrogens (tertiary/aromatic N) is 1. The van der Waals surface area contributed by atoms with Gasteiger partial charge in [0.05, 0.1) is 11.3 Å². The fourth-order valence-electron chi connectivity index (χ4n) is 2.09. The monoisotopic (exact) mass is 311 g/mol. The molecule has 1 amide bonds. The summed E-state index contributed by atoms with van der Waals surface area (Å²) < 4.78 is 0. The SMILES string of the molecule is CCCCNc1cncc(C(=O)Nc2cccc(C(C)=O)c2)c1. The second kappa shape index (κ2) is 8.08. The molecule has 0 saturated heterocycles. The van der Waals surface area contributed by atoms with Crippen LogP contribution in [0.15, 0.2) is 42.7 Å². The van der Waals surface area contributed by atoms with Crippen molar-refractivity contribution in [1.82, 2.24) is 4.98 Å². The Kier molecular flexibility index (Phi) is 5.86. The van der Waals surface area contributed by atoms with Crippen LogP contribution in [0.5, 0.6) is 0 Å². The van der Waals surface area contributed by atoms with Crippen molar-refractivity contribution in [3.8, 4) is 0 Å². The number of carbonyl (C=O) groups is 2. The predicted octanol–water partition coefficient (Wildman–Crippen LogP) is 3.75. The maximum absolute atomic E-state index is 12.3. The minimum atomic E-state index is -0.252. The summed E-state index contributed by atoms with van der Waals surface area (Å²) in [6, 6.07) is 8.65. The summed E-state index contributed by atoms with van der Waals surface area (Å²) in [4.78, 5) is 27.8. The fraction of sp³-hybridized carbons (Fsp3) is 0.278. The largest absolute Gasteiger partial charge is 0.384 e. The number of carbonyl (C=O) groups excluding carboxylic acids is 2. The van der Waals surface area contributed by atoms with E-state index in [9.17, 15) is 9.59 Å². The van der Waals surface area contributed by atoms with Crippen molar-refractivity contribution in [3.05, 3.63) is 53.9 Å². The molecule has 1 aromatic carbocycles. The predicted molar refractivity (Wildman–Crippen MR) is 92.0 cm³/mol. The van der Waals surface area contributed by atoms with Gasteiger partial charge in [0.25, 0.3) is 5.91 Å². The number of benzene rings is 1. The van der Waals surface area contributed by atoms with Gasteiger partial charge in [0.1, 0.15) is 0 Å². The molecule has 0 bridgehead atoms. The van der Waals surface area contributed by atoms with Crippen molar-refractivity contribution in [3.63, 3.8) is 0 Å². The van der Waals surface area contributed by atoms with Gasteiger partial charge in [0, 0.05) is 30.2 Å². The number of anilines is 2. The third-order valence-electron chi connectivity index (χ3n) is 3.39. The molecule has 0 radical (unpaired) electrons. The standard InChI is InChI=1S/C18H21N3O2/c1-3-4-8-20-17-10-15(11-19-12-17)18(23)21-16-7-5-6-14(9-16)13(2)22/h5-7,9-12,20H,3-4,8H2,1-2H3,(H,21,23). The highest BCUT2D eigenvalue weighted by molar-refractivity contribution is 6.05. The lowest BCUT2D eigenvalue weighted by Gasteiger charge is -2.09. The number of Topliss-reactive ketones (excluding diaryl/α,β-unsaturated/α-hetero) is 1. The molecule has 0 aliphatic heterocycles. The van der Waals surface area contributed by atoms with E-state index in [1.165, 1.54) is 13.1 Å². The Labute approximate surface area is 136 Å². The minimum absolute atomic E-state index is 0.0371. The van der Waals surface area contributed by atoms with Gasteiger partial charge in [-0.1, -0.05) is 25.5 Å². The molecule has 0 saturated carbocycles. The smallest absolute Gasteiger partial charge is 0.257 e. The molecular weight excluding hydrogens is 290 g/mol. The molecule has 5 nitrogen and oxygen atoms in total. The molecule has 5 heteroatoms. The molecule has 0 unspecified atom stereocenters. The zero-order valence-corrected chi connectivity index (χ0v) is 13.4. The van der Waals surface area contributed by atoms with Gasteiger partial charge >= 0.3 is 0 Å². The van der Waals surface area contributed by atoms with Gasteiger partial charge in [-0.05, 0) is 31.5 Å². The second-order valence-corrected chi connectivity index (χ2v) is 5.33. The third-order valence-corrected chi connectivity index (χ3v) is 3.39. The number of pyridine rings is 1. The summed E-state index contributed by atoms with van der Waals surface area (Å²) in [5, 5.41) is 6.03. The number of hydrogen-bond acceptors (Lipinski definition) is 4. The van der Waals surface area contributed by atoms with Crippen LogP contribution in [-0.4, -0.2) is 23.2 Å². The van der Waals surface area contributed by atoms with Crippen molar-refractivity contribution < 1.29 is 9.59 Å². The number of hydrogen-bond donors (Lipinski definition) is 2. The zero-order chi connectivity index (χ0) is 16.7. The van der Waals surface area contributed by atoms with E-state index >= 15 is 0 Å². The lowest BCUT2D eigenvalue weighted by Crippen LogP contribution is -2.13. The lowest BCUT2D eigenvalue weighted by atomic mass is 10.1. The molecule has 0 atom stereocenters. The van der Waals surface area contributed by atoms with Crippen LogP contribution >= 0.6 is 0 Å². The first-order valence-corrected chi connectivity index (χ1v) is 7.71. The van der Waals surface area contributed by atoms with Crippen LogP contribution in [0.1, 0.15) is 47.4 Å². The number of rotatable bonds is 7. The van der Waals surface area contributed by atoms with E-state index < -0.39 is 0 Å². The molecule has 0 fully saturated rings. The van der Waals surface area contributed by atoms with Gasteiger partial charge in [0.2, 0.25) is 0 Å². The van der Waals surface area contributed by atoms with Crippen LogP contribution in [0.2, 0.25) is 0 Å². The minimum Gasteiger partial charge on any atom is -0.384 e. The quantitative estimate of drug-likeness (QED) is 0.603. The molecule has 2 N–H and O–H groups in total. The maximum Gasteiger partial charge on any atom is 0.257 e. The van der Waals surface area contributed by atoms with E-state index in [2.05, 4.69) is 22.5 Å². The van der Waals surface area contributed by atoms with Crippen molar-refractivity contribution >= 4 is 23.1 Å². The maximum atomic E-state index is 12.3. The number of nitrogens with one attached hydrogen (secondary N) is 2. The Morgan fingerprint density at radius 3 is 2.61 bits per heavy atom. The molecule has 0 aliphatic carbocycles. The molecule has 23 heavy (non-hydrogen) atoms. The summed E-state index contributed by atoms with van der Waals surface area (Å²) in [5.41, 5.74) is 2.45. The first-order valence-electron chi connectivity index (χ1n) is 7.71. The van der Waals surface area contributed by atoms with Crippen molar-refractivity contribution in [1.29, 1.82) is 0 Å². The van der Waals surface area contributed by atoms with Gasteiger partial charge in [0.15, 0.2) is 5.78 Å². The number of aromatic nitrogens is 1. The molecule has 2 rings (SSSR count). The summed E-state index contributed by atoms with van der Waals surface area (Å²) in [6.45, 7) is 4.47. The molecule has 2 aromatic rings. The summed E-state index contributed by atoms with van der Waals surface area (Å²) >= 11 is 0. The average Bonchev–Trinajstić information content (AvgIpc) is 2.55. The first kappa shape index (κ1) is 16.7. The van der Waals surface area contributed by atoms with Gasteiger partial charge in [-0.3, -0.25) is 14.6 Å². The summed E-state index contributed by atoms with van der Waals surface area (Å²) in [6.07, 6.45) is 5.39. The topological polar surface area (TPSA) is 71.1 Å². The normalized spacial score (nSPS) is 10.2. The Hall–Kier alpha value is -2.69. The number of ketones is 1. The van der Waals surface area contributed by atoms with Gasteiger partial charge in [-0.25, -0.2) is 0 Å². The highest BCUT2D eigenvalue weighted by atomic mass is 16.1. The first-order chi connectivity index (χ1) is 11.1. The summed E-state index contributed by atoms with van der Waals surface area (Å²) in [5.74, 6) is -0.290. The molecule has 0 aliphatic rings. The van der Waals surface area contributed by atoms with Crippen LogP contribution in [0.3, 0.4) is 0 Å². The molecule has 1 heterocycles. The summed E-state index contributed by atoms with van der Waals surface area (Å²) in [7, 11) is 0. The number of amides is 1. The van der Waals surface area contributed by atoms with E-state index in [1.807, 2.05) is 0 Å². The van der Waals surface area contributed by atoms with Gasteiger partial charge in [-0.15, -0.1) is 0 Å². The fourth-order valence-corrected chi connectivity index (χ4v) is 2.09. The van der Waals surface area contributed by atoms with Crippen LogP contribution in [-0.2, 0) is 0 Å². The van der Waals surface area contributed by atoms with E-state index in [0.29, 0.717) is 16.8 Å². The third kappa shape index (κ3) is 4.92. The highest BCUT2D eigenvalue weighted by Crippen LogP contribution is 2.14. The molecule has 120 valence electrons. The molecule has 0 spiro atoms. The van der Waals surface area contributed by atoms with Gasteiger partial charge < -0.3 is 10.6 Å². The second-order valence-electron chi connectivity index (χ2n) is 5.33. The molecule has 1 aromatic heterocycles. The Balaban J connectivity index is 2.07. The van der Waals surface area contributed by atoms with Crippen LogP contribution in [0, 0.1) is 0 Å². The zero-order valence-electron chi connectivity index (χ0n) is 13.4. The molecular formula is C18H21N3O2. The van der Waals surface area contributed by atoms with E-state index in [-0.39, 0.29) is 11.7 Å². The average molecular weight is 311 g/mol. The Morgan fingerprint density at radius 1 is 1.09 bits per heavy atom. The highest BCUT2D eigenvalue weighted by Gasteiger charge is 2.08. The van der Waals surface area contributed by atoms with E-state index in [4.69, 9.17) is 0 Å². The van der Waals surface area contributed by atoms with Crippen molar-refractivity contribution in [2.24, 2.45) is 0 Å². The van der Waals surface area contributed by atoms with E-state index in [0.717, 1.165) is 25.1 Å². The van der Waals surface area contributed by atoms with Crippen molar-refractivity contribution in [2.45, 2.75) is 26.7 Å². The van der Waals surface area contributed by atoms with Crippen LogP contribution < -0.4 is 10.6 Å². The van der Waals surface area contributed by atoms with Crippen molar-refractivity contribution in [2.75, 3.05) is 17.2 Å². The Morgan fingerprint density at radius 2 is 1.87 bits per heavy atom. The van der Waals surface area contributed by atoms with Gasteiger partial charge in [-0.2, -0.15) is 0 Å². The van der Waals surface area contributed by atoms with Crippen LogP contribution in [0.25, 0.3) is 0 Å². The Bertz CT molecular complexity index is 698. The van der Waals surface area contributed by atoms with Crippen LogP contribution in [0.4, 0.5) is 11.4 Å². The lowest BCUT2D eigenvalue weighted by molar-refractivity contribution is 0.101. The van der Waals surface area contributed by atoms with E-state index in [1.54, 1.807) is 36.5 Å².